The molecule has 4 rings (SSSR count). The summed E-state index contributed by atoms with van der Waals surface area (Å²) < 4.78 is 0. The van der Waals surface area contributed by atoms with E-state index in [1.807, 2.05) is 73.5 Å². The summed E-state index contributed by atoms with van der Waals surface area (Å²) in [6, 6.07) is 16.8. The van der Waals surface area contributed by atoms with Crippen molar-refractivity contribution in [3.63, 3.8) is 0 Å². The fraction of sp³-hybridized carbons (Fsp3) is 0.472. The Balaban J connectivity index is 1.66. The van der Waals surface area contributed by atoms with Crippen molar-refractivity contribution in [3.8, 4) is 0 Å². The van der Waals surface area contributed by atoms with Gasteiger partial charge in [-0.15, -0.1) is 11.3 Å². The predicted molar refractivity (Wildman–Crippen MR) is 180 cm³/mol. The fourth-order valence-electron chi connectivity index (χ4n) is 6.05. The van der Waals surface area contributed by atoms with E-state index >= 15 is 0 Å². The Kier molecular flexibility index (Phi) is 11.0. The van der Waals surface area contributed by atoms with Crippen LogP contribution in [-0.4, -0.2) is 77.2 Å². The second-order valence-corrected chi connectivity index (χ2v) is 14.3. The van der Waals surface area contributed by atoms with Crippen LogP contribution in [0.3, 0.4) is 0 Å². The molecule has 1 aromatic heterocycles. The van der Waals surface area contributed by atoms with Gasteiger partial charge in [0.15, 0.2) is 0 Å². The van der Waals surface area contributed by atoms with Crippen LogP contribution in [0.15, 0.2) is 71.6 Å². The zero-order valence-corrected chi connectivity index (χ0v) is 27.9. The van der Waals surface area contributed by atoms with Gasteiger partial charge in [0.05, 0.1) is 0 Å². The molecule has 44 heavy (non-hydrogen) atoms. The lowest BCUT2D eigenvalue weighted by atomic mass is 9.96. The molecule has 2 heterocycles. The molecule has 1 fully saturated rings. The summed E-state index contributed by atoms with van der Waals surface area (Å²) in [4.78, 5) is 48.2. The summed E-state index contributed by atoms with van der Waals surface area (Å²) in [6.45, 7) is 9.35. The third kappa shape index (κ3) is 8.79. The predicted octanol–water partition coefficient (Wildman–Crippen LogP) is 5.67. The van der Waals surface area contributed by atoms with E-state index in [-0.39, 0.29) is 17.7 Å². The van der Waals surface area contributed by atoms with Crippen molar-refractivity contribution in [3.05, 3.63) is 82.1 Å². The van der Waals surface area contributed by atoms with Crippen molar-refractivity contribution in [2.75, 3.05) is 27.2 Å². The highest BCUT2D eigenvalue weighted by molar-refractivity contribution is 7.09. The summed E-state index contributed by atoms with van der Waals surface area (Å²) >= 11 is 1.59. The number of nitrogens with zero attached hydrogens (tertiary/aromatic N) is 3. The molecule has 7 nitrogen and oxygen atoms in total. The SMILES string of the molecule is C/C(=C\C(=O)N(C)[C@H](Cc1ccc2ccccc2c1)C(=O)N(C)[C@H](Cc1cccs1)C(=O)N1CCC(C)CC1)CC(C)(C)N. The van der Waals surface area contributed by atoms with E-state index in [4.69, 9.17) is 5.73 Å². The molecule has 3 aromatic rings. The van der Waals surface area contributed by atoms with Gasteiger partial charge in [-0.25, -0.2) is 0 Å². The standard InChI is InChI=1S/C36H48N4O3S/c1-25-15-17-40(18-16-25)35(43)32(23-30-12-9-19-44-30)39(6)34(42)31(38(5)33(41)20-26(2)24-36(3,4)37)22-27-13-14-28-10-7-8-11-29(28)21-27/h7-14,19-21,25,31-32H,15-18,22-24,37H2,1-6H3/b26-20+/t31-,32-/m1/s1. The molecule has 0 aliphatic carbocycles. The fourth-order valence-corrected chi connectivity index (χ4v) is 6.80. The number of carbonyl (C=O) groups excluding carboxylic acids is 3. The van der Waals surface area contributed by atoms with Crippen LogP contribution in [0, 0.1) is 5.92 Å². The second kappa shape index (κ2) is 14.5. The van der Waals surface area contributed by atoms with Crippen molar-refractivity contribution < 1.29 is 14.4 Å². The number of carbonyl (C=O) groups is 3. The van der Waals surface area contributed by atoms with Gasteiger partial charge in [-0.05, 0) is 73.7 Å². The highest BCUT2D eigenvalue weighted by Crippen LogP contribution is 2.24. The molecule has 1 aliphatic rings. The number of rotatable bonds is 11. The Bertz CT molecular complexity index is 1470. The number of likely N-dealkylation sites (tertiary alicyclic amines) is 1. The number of benzene rings is 2. The Hall–Kier alpha value is -3.49. The number of amides is 3. The molecule has 0 saturated carbocycles. The molecule has 236 valence electrons. The third-order valence-corrected chi connectivity index (χ3v) is 9.52. The molecule has 0 radical (unpaired) electrons. The lowest BCUT2D eigenvalue weighted by molar-refractivity contribution is -0.149. The summed E-state index contributed by atoms with van der Waals surface area (Å²) in [6.07, 6.45) is 4.83. The topological polar surface area (TPSA) is 87.0 Å². The van der Waals surface area contributed by atoms with Gasteiger partial charge in [0.1, 0.15) is 12.1 Å². The molecule has 0 unspecified atom stereocenters. The molecule has 0 bridgehead atoms. The van der Waals surface area contributed by atoms with Crippen LogP contribution in [0.4, 0.5) is 0 Å². The maximum Gasteiger partial charge on any atom is 0.246 e. The van der Waals surface area contributed by atoms with Gasteiger partial charge in [-0.2, -0.15) is 0 Å². The van der Waals surface area contributed by atoms with Gasteiger partial charge in [0.25, 0.3) is 0 Å². The zero-order valence-electron chi connectivity index (χ0n) is 27.1. The minimum Gasteiger partial charge on any atom is -0.341 e. The average Bonchev–Trinajstić information content (AvgIpc) is 3.50. The minimum absolute atomic E-state index is 0.0273. The van der Waals surface area contributed by atoms with Crippen LogP contribution in [0.1, 0.15) is 57.4 Å². The smallest absolute Gasteiger partial charge is 0.246 e. The first kappa shape index (κ1) is 33.4. The molecule has 2 atom stereocenters. The molecule has 1 saturated heterocycles. The van der Waals surface area contributed by atoms with E-state index in [9.17, 15) is 14.4 Å². The highest BCUT2D eigenvalue weighted by Gasteiger charge is 2.37. The largest absolute Gasteiger partial charge is 0.341 e. The number of hydrogen-bond donors (Lipinski definition) is 1. The first-order valence-electron chi connectivity index (χ1n) is 15.6. The van der Waals surface area contributed by atoms with Crippen molar-refractivity contribution in [1.82, 2.24) is 14.7 Å². The van der Waals surface area contributed by atoms with Crippen LogP contribution in [0.2, 0.25) is 0 Å². The van der Waals surface area contributed by atoms with E-state index in [0.29, 0.717) is 38.3 Å². The van der Waals surface area contributed by atoms with Crippen molar-refractivity contribution in [1.29, 1.82) is 0 Å². The highest BCUT2D eigenvalue weighted by atomic mass is 32.1. The number of piperidine rings is 1. The number of hydrogen-bond acceptors (Lipinski definition) is 5. The van der Waals surface area contributed by atoms with E-state index in [2.05, 4.69) is 19.1 Å². The van der Waals surface area contributed by atoms with E-state index in [0.717, 1.165) is 39.6 Å². The molecule has 3 amide bonds. The number of likely N-dealkylation sites (N-methyl/N-ethyl adjacent to an activating group) is 2. The molecule has 1 aliphatic heterocycles. The molecular weight excluding hydrogens is 568 g/mol. The summed E-state index contributed by atoms with van der Waals surface area (Å²) in [5.74, 6) is 0.0481. The number of fused-ring (bicyclic) bond motifs is 1. The molecule has 8 heteroatoms. The molecule has 2 N–H and O–H groups in total. The van der Waals surface area contributed by atoms with Crippen LogP contribution < -0.4 is 5.73 Å². The normalized spacial score (nSPS) is 16.1. The zero-order chi connectivity index (χ0) is 32.0. The van der Waals surface area contributed by atoms with Gasteiger partial charge in [0.2, 0.25) is 17.7 Å². The Morgan fingerprint density at radius 1 is 0.977 bits per heavy atom. The monoisotopic (exact) mass is 616 g/mol. The quantitative estimate of drug-likeness (QED) is 0.281. The van der Waals surface area contributed by atoms with Gasteiger partial charge >= 0.3 is 0 Å². The van der Waals surface area contributed by atoms with Gasteiger partial charge in [0, 0.05) is 56.5 Å². The van der Waals surface area contributed by atoms with Gasteiger partial charge < -0.3 is 20.4 Å². The van der Waals surface area contributed by atoms with E-state index in [1.165, 1.54) is 4.90 Å². The van der Waals surface area contributed by atoms with Crippen molar-refractivity contribution >= 4 is 39.8 Å². The third-order valence-electron chi connectivity index (χ3n) is 8.62. The van der Waals surface area contributed by atoms with Gasteiger partial charge in [-0.1, -0.05) is 61.0 Å². The van der Waals surface area contributed by atoms with Crippen LogP contribution in [0.5, 0.6) is 0 Å². The van der Waals surface area contributed by atoms with Crippen LogP contribution in [-0.2, 0) is 27.2 Å². The molecule has 2 aromatic carbocycles. The number of nitrogens with two attached hydrogens (primary N) is 1. The summed E-state index contributed by atoms with van der Waals surface area (Å²) in [7, 11) is 3.40. The Morgan fingerprint density at radius 2 is 1.66 bits per heavy atom. The van der Waals surface area contributed by atoms with Crippen molar-refractivity contribution in [2.24, 2.45) is 11.7 Å². The van der Waals surface area contributed by atoms with Crippen LogP contribution in [0.25, 0.3) is 10.8 Å². The lowest BCUT2D eigenvalue weighted by Crippen LogP contribution is -2.57. The summed E-state index contributed by atoms with van der Waals surface area (Å²) in [5.41, 5.74) is 7.55. The first-order chi connectivity index (χ1) is 20.8. The maximum absolute atomic E-state index is 14.5. The van der Waals surface area contributed by atoms with E-state index in [1.54, 1.807) is 36.4 Å². The lowest BCUT2D eigenvalue weighted by Gasteiger charge is -2.38. The summed E-state index contributed by atoms with van der Waals surface area (Å²) in [5, 5.41) is 4.18. The first-order valence-corrected chi connectivity index (χ1v) is 16.5. The van der Waals surface area contributed by atoms with Gasteiger partial charge in [-0.3, -0.25) is 14.4 Å². The Labute approximate surface area is 266 Å². The maximum atomic E-state index is 14.5. The van der Waals surface area contributed by atoms with Crippen LogP contribution >= 0.6 is 11.3 Å². The minimum atomic E-state index is -0.802. The average molecular weight is 617 g/mol. The van der Waals surface area contributed by atoms with E-state index < -0.39 is 17.6 Å². The Morgan fingerprint density at radius 3 is 2.30 bits per heavy atom. The van der Waals surface area contributed by atoms with Crippen molar-refractivity contribution in [2.45, 2.75) is 77.4 Å². The molecule has 0 spiro atoms. The molecular formula is C36H48N4O3S. The number of thiophene rings is 1. The second-order valence-electron chi connectivity index (χ2n) is 13.3.